The average molecular weight is 308 g/mol. The lowest BCUT2D eigenvalue weighted by atomic mass is 10.0. The van der Waals surface area contributed by atoms with Gasteiger partial charge in [-0.3, -0.25) is 14.6 Å². The molecule has 1 aromatic rings. The molecule has 1 fully saturated rings. The summed E-state index contributed by atoms with van der Waals surface area (Å²) in [7, 11) is 0. The number of thiocarbonyl (C=S) groups is 1. The third-order valence-electron chi connectivity index (χ3n) is 4.32. The second-order valence-electron chi connectivity index (χ2n) is 5.98. The van der Waals surface area contributed by atoms with Crippen molar-refractivity contribution in [1.82, 2.24) is 14.4 Å². The minimum absolute atomic E-state index is 0.0609. The van der Waals surface area contributed by atoms with Gasteiger partial charge in [0.05, 0.1) is 10.5 Å². The fraction of sp³-hybridized carbons (Fsp3) is 0.600. The summed E-state index contributed by atoms with van der Waals surface area (Å²) < 4.78 is 1.76. The molecule has 0 aliphatic carbocycles. The van der Waals surface area contributed by atoms with Gasteiger partial charge in [0.1, 0.15) is 0 Å². The van der Waals surface area contributed by atoms with Crippen molar-refractivity contribution in [2.75, 3.05) is 32.7 Å². The topological polar surface area (TPSA) is 54.5 Å². The number of nitrogens with two attached hydrogens (primary N) is 1. The van der Waals surface area contributed by atoms with E-state index in [9.17, 15) is 4.79 Å². The van der Waals surface area contributed by atoms with Crippen LogP contribution in [0.4, 0.5) is 0 Å². The molecule has 2 N–H and O–H groups in total. The predicted octanol–water partition coefficient (Wildman–Crippen LogP) is 0.531. The molecule has 0 saturated carbocycles. The summed E-state index contributed by atoms with van der Waals surface area (Å²) in [5, 5.41) is 0. The van der Waals surface area contributed by atoms with Crippen molar-refractivity contribution in [3.8, 4) is 0 Å². The van der Waals surface area contributed by atoms with Crippen LogP contribution in [0.1, 0.15) is 13.8 Å². The van der Waals surface area contributed by atoms with E-state index in [1.165, 1.54) is 0 Å². The van der Waals surface area contributed by atoms with E-state index in [2.05, 4.69) is 23.6 Å². The van der Waals surface area contributed by atoms with Crippen LogP contribution in [0.3, 0.4) is 0 Å². The van der Waals surface area contributed by atoms with Crippen LogP contribution in [0, 0.1) is 0 Å². The molecule has 0 spiro atoms. The zero-order valence-corrected chi connectivity index (χ0v) is 13.6. The molecule has 2 heterocycles. The van der Waals surface area contributed by atoms with Crippen LogP contribution in [-0.2, 0) is 6.54 Å². The predicted molar refractivity (Wildman–Crippen MR) is 89.6 cm³/mol. The van der Waals surface area contributed by atoms with E-state index in [4.69, 9.17) is 18.0 Å². The number of nitrogens with zero attached hydrogens (tertiary/aromatic N) is 3. The lowest BCUT2D eigenvalue weighted by molar-refractivity contribution is 0.0839. The first-order chi connectivity index (χ1) is 9.91. The van der Waals surface area contributed by atoms with E-state index in [1.807, 2.05) is 12.3 Å². The Morgan fingerprint density at radius 3 is 2.48 bits per heavy atom. The van der Waals surface area contributed by atoms with E-state index in [0.29, 0.717) is 4.99 Å². The first-order valence-corrected chi connectivity index (χ1v) is 7.75. The maximum Gasteiger partial charge on any atom is 0.250 e. The van der Waals surface area contributed by atoms with Crippen LogP contribution in [0.5, 0.6) is 0 Å². The summed E-state index contributed by atoms with van der Waals surface area (Å²) in [4.78, 5) is 16.9. The number of pyridine rings is 1. The SMILES string of the molecule is CC(C)(C(N)=S)N1CCN(CCn2ccccc2=O)CC1. The van der Waals surface area contributed by atoms with Gasteiger partial charge in [-0.25, -0.2) is 0 Å². The molecule has 1 saturated heterocycles. The first-order valence-electron chi connectivity index (χ1n) is 7.34. The van der Waals surface area contributed by atoms with Crippen LogP contribution >= 0.6 is 12.2 Å². The normalized spacial score (nSPS) is 17.8. The van der Waals surface area contributed by atoms with Crippen molar-refractivity contribution in [3.05, 3.63) is 34.7 Å². The van der Waals surface area contributed by atoms with Crippen LogP contribution in [0.15, 0.2) is 29.2 Å². The zero-order chi connectivity index (χ0) is 15.5. The molecule has 0 amide bonds. The Balaban J connectivity index is 1.84. The molecular formula is C15H24N4OS. The second-order valence-corrected chi connectivity index (χ2v) is 6.42. The largest absolute Gasteiger partial charge is 0.392 e. The summed E-state index contributed by atoms with van der Waals surface area (Å²) in [6, 6.07) is 5.27. The van der Waals surface area contributed by atoms with Gasteiger partial charge in [0.15, 0.2) is 0 Å². The molecule has 1 aliphatic rings. The summed E-state index contributed by atoms with van der Waals surface area (Å²) >= 11 is 5.16. The molecule has 2 rings (SSSR count). The molecule has 21 heavy (non-hydrogen) atoms. The van der Waals surface area contributed by atoms with Crippen LogP contribution in [-0.4, -0.2) is 57.6 Å². The number of piperazine rings is 1. The Morgan fingerprint density at radius 1 is 1.24 bits per heavy atom. The Labute approximate surface area is 131 Å². The highest BCUT2D eigenvalue weighted by atomic mass is 32.1. The van der Waals surface area contributed by atoms with Gasteiger partial charge in [0, 0.05) is 51.5 Å². The summed E-state index contributed by atoms with van der Waals surface area (Å²) in [5.41, 5.74) is 5.66. The lowest BCUT2D eigenvalue weighted by Gasteiger charge is -2.43. The molecule has 0 aromatic carbocycles. The summed E-state index contributed by atoms with van der Waals surface area (Å²) in [6.45, 7) is 9.65. The van der Waals surface area contributed by atoms with Crippen LogP contribution < -0.4 is 11.3 Å². The smallest absolute Gasteiger partial charge is 0.250 e. The van der Waals surface area contributed by atoms with Crippen LogP contribution in [0.25, 0.3) is 0 Å². The minimum atomic E-state index is -0.224. The molecule has 5 nitrogen and oxygen atoms in total. The number of hydrogen-bond donors (Lipinski definition) is 1. The number of aromatic nitrogens is 1. The van der Waals surface area contributed by atoms with E-state index in [1.54, 1.807) is 16.7 Å². The van der Waals surface area contributed by atoms with Crippen molar-refractivity contribution < 1.29 is 0 Å². The molecule has 6 heteroatoms. The molecule has 1 aromatic heterocycles. The molecular weight excluding hydrogens is 284 g/mol. The van der Waals surface area contributed by atoms with Crippen molar-refractivity contribution in [1.29, 1.82) is 0 Å². The van der Waals surface area contributed by atoms with E-state index >= 15 is 0 Å². The summed E-state index contributed by atoms with van der Waals surface area (Å²) in [5.74, 6) is 0. The number of hydrogen-bond acceptors (Lipinski definition) is 4. The highest BCUT2D eigenvalue weighted by Gasteiger charge is 2.32. The second kappa shape index (κ2) is 6.68. The molecule has 0 bridgehead atoms. The van der Waals surface area contributed by atoms with Gasteiger partial charge in [-0.2, -0.15) is 0 Å². The Hall–Kier alpha value is -1.24. The Bertz CT molecular complexity index is 547. The van der Waals surface area contributed by atoms with Crippen molar-refractivity contribution >= 4 is 17.2 Å². The van der Waals surface area contributed by atoms with Crippen molar-refractivity contribution in [3.63, 3.8) is 0 Å². The molecule has 116 valence electrons. The van der Waals surface area contributed by atoms with Gasteiger partial charge >= 0.3 is 0 Å². The standard InChI is InChI=1S/C15H24N4OS/c1-15(2,14(16)21)19-11-8-17(9-12-19)7-10-18-6-4-3-5-13(18)20/h3-6H,7-12H2,1-2H3,(H2,16,21). The summed E-state index contributed by atoms with van der Waals surface area (Å²) in [6.07, 6.45) is 1.84. The van der Waals surface area contributed by atoms with Gasteiger partial charge in [-0.1, -0.05) is 18.3 Å². The molecule has 0 radical (unpaired) electrons. The van der Waals surface area contributed by atoms with E-state index in [0.717, 1.165) is 39.3 Å². The average Bonchev–Trinajstić information content (AvgIpc) is 2.46. The maximum atomic E-state index is 11.7. The van der Waals surface area contributed by atoms with Crippen LogP contribution in [0.2, 0.25) is 0 Å². The van der Waals surface area contributed by atoms with Gasteiger partial charge in [-0.15, -0.1) is 0 Å². The fourth-order valence-corrected chi connectivity index (χ4v) is 2.71. The third-order valence-corrected chi connectivity index (χ3v) is 4.82. The maximum absolute atomic E-state index is 11.7. The minimum Gasteiger partial charge on any atom is -0.392 e. The highest BCUT2D eigenvalue weighted by Crippen LogP contribution is 2.17. The zero-order valence-electron chi connectivity index (χ0n) is 12.8. The third kappa shape index (κ3) is 3.90. The Kier molecular flexibility index (Phi) is 5.13. The molecule has 1 aliphatic heterocycles. The number of rotatable bonds is 5. The van der Waals surface area contributed by atoms with Crippen molar-refractivity contribution in [2.45, 2.75) is 25.9 Å². The quantitative estimate of drug-likeness (QED) is 0.804. The molecule has 0 unspecified atom stereocenters. The first kappa shape index (κ1) is 16.1. The van der Waals surface area contributed by atoms with Gasteiger partial charge in [0.25, 0.3) is 5.56 Å². The monoisotopic (exact) mass is 308 g/mol. The molecule has 0 atom stereocenters. The van der Waals surface area contributed by atoms with Crippen molar-refractivity contribution in [2.24, 2.45) is 5.73 Å². The van der Waals surface area contributed by atoms with Gasteiger partial charge in [0.2, 0.25) is 0 Å². The lowest BCUT2D eigenvalue weighted by Crippen LogP contribution is -2.59. The Morgan fingerprint density at radius 2 is 1.90 bits per heavy atom. The van der Waals surface area contributed by atoms with Gasteiger partial charge < -0.3 is 10.3 Å². The van der Waals surface area contributed by atoms with E-state index < -0.39 is 0 Å². The van der Waals surface area contributed by atoms with E-state index in [-0.39, 0.29) is 11.1 Å². The van der Waals surface area contributed by atoms with Gasteiger partial charge in [-0.05, 0) is 19.9 Å². The fourth-order valence-electron chi connectivity index (χ4n) is 2.58. The highest BCUT2D eigenvalue weighted by molar-refractivity contribution is 7.80.